The number of benzene rings is 1. The van der Waals surface area contributed by atoms with Gasteiger partial charge in [-0.05, 0) is 13.0 Å². The fraction of sp³-hybridized carbons (Fsp3) is 0.312. The maximum absolute atomic E-state index is 12.2. The van der Waals surface area contributed by atoms with E-state index in [0.717, 1.165) is 5.56 Å². The molecule has 114 valence electrons. The van der Waals surface area contributed by atoms with Gasteiger partial charge in [0.05, 0.1) is 13.3 Å². The number of esters is 1. The number of nitrogens with zero attached hydrogens (tertiary/aromatic N) is 2. The fourth-order valence-electron chi connectivity index (χ4n) is 2.72. The van der Waals surface area contributed by atoms with Crippen molar-refractivity contribution in [2.75, 3.05) is 12.4 Å². The number of rotatable bonds is 4. The van der Waals surface area contributed by atoms with Crippen molar-refractivity contribution in [1.29, 1.82) is 0 Å². The van der Waals surface area contributed by atoms with Crippen LogP contribution in [0.2, 0.25) is 0 Å². The summed E-state index contributed by atoms with van der Waals surface area (Å²) in [6.07, 6.45) is 5.22. The van der Waals surface area contributed by atoms with E-state index in [1.54, 1.807) is 25.7 Å². The lowest BCUT2D eigenvalue weighted by molar-refractivity contribution is -0.148. The van der Waals surface area contributed by atoms with Gasteiger partial charge in [-0.25, -0.2) is 9.78 Å². The highest BCUT2D eigenvalue weighted by atomic mass is 16.6. The Balaban J connectivity index is 1.84. The number of cyclic esters (lactones) is 1. The second-order valence-corrected chi connectivity index (χ2v) is 5.34. The third-order valence-corrected chi connectivity index (χ3v) is 3.77. The van der Waals surface area contributed by atoms with Crippen molar-refractivity contribution in [2.45, 2.75) is 25.0 Å². The topological polar surface area (TPSA) is 73.3 Å². The quantitative estimate of drug-likeness (QED) is 0.872. The predicted molar refractivity (Wildman–Crippen MR) is 80.5 cm³/mol. The molecule has 22 heavy (non-hydrogen) atoms. The van der Waals surface area contributed by atoms with Gasteiger partial charge in [0.25, 0.3) is 0 Å². The third-order valence-electron chi connectivity index (χ3n) is 3.77. The fourth-order valence-corrected chi connectivity index (χ4v) is 2.72. The van der Waals surface area contributed by atoms with Gasteiger partial charge in [-0.3, -0.25) is 4.98 Å². The van der Waals surface area contributed by atoms with Crippen LogP contribution in [-0.2, 0) is 15.1 Å². The first-order valence-electron chi connectivity index (χ1n) is 7.01. The molecule has 1 aliphatic rings. The number of para-hydroxylation sites is 1. The monoisotopic (exact) mass is 299 g/mol. The summed E-state index contributed by atoms with van der Waals surface area (Å²) in [4.78, 5) is 20.3. The summed E-state index contributed by atoms with van der Waals surface area (Å²) in [7, 11) is 1.61. The van der Waals surface area contributed by atoms with E-state index in [2.05, 4.69) is 15.3 Å². The van der Waals surface area contributed by atoms with Crippen LogP contribution in [0.4, 0.5) is 5.82 Å². The van der Waals surface area contributed by atoms with Crippen LogP contribution in [0.3, 0.4) is 0 Å². The zero-order valence-electron chi connectivity index (χ0n) is 12.4. The molecule has 0 saturated carbocycles. The molecule has 0 bridgehead atoms. The molecule has 6 nitrogen and oxygen atoms in total. The van der Waals surface area contributed by atoms with Crippen LogP contribution in [0.25, 0.3) is 0 Å². The van der Waals surface area contributed by atoms with E-state index in [0.29, 0.717) is 18.0 Å². The molecule has 1 aromatic carbocycles. The molecule has 1 N–H and O–H groups in total. The van der Waals surface area contributed by atoms with Crippen molar-refractivity contribution in [1.82, 2.24) is 9.97 Å². The Morgan fingerprint density at radius 1 is 1.36 bits per heavy atom. The van der Waals surface area contributed by atoms with E-state index in [4.69, 9.17) is 9.47 Å². The molecule has 1 aliphatic heterocycles. The van der Waals surface area contributed by atoms with E-state index in [9.17, 15) is 4.79 Å². The SMILES string of the molecule is COc1ccccc1C1(C)CC(Nc2cnccn2)C(=O)O1. The number of carbonyl (C=O) groups is 1. The Hall–Kier alpha value is -2.63. The van der Waals surface area contributed by atoms with Crippen molar-refractivity contribution in [3.63, 3.8) is 0 Å². The minimum absolute atomic E-state index is 0.306. The van der Waals surface area contributed by atoms with Crippen molar-refractivity contribution < 1.29 is 14.3 Å². The Kier molecular flexibility index (Phi) is 3.66. The highest BCUT2D eigenvalue weighted by Gasteiger charge is 2.46. The van der Waals surface area contributed by atoms with Gasteiger partial charge in [0.2, 0.25) is 0 Å². The molecule has 1 saturated heterocycles. The number of hydrogen-bond donors (Lipinski definition) is 1. The molecule has 3 rings (SSSR count). The first kappa shape index (κ1) is 14.3. The van der Waals surface area contributed by atoms with Gasteiger partial charge in [0, 0.05) is 24.4 Å². The third kappa shape index (κ3) is 2.59. The maximum atomic E-state index is 12.2. The molecule has 1 fully saturated rings. The lowest BCUT2D eigenvalue weighted by Crippen LogP contribution is -2.25. The second-order valence-electron chi connectivity index (χ2n) is 5.34. The second kappa shape index (κ2) is 5.63. The Morgan fingerprint density at radius 3 is 2.91 bits per heavy atom. The molecule has 2 heterocycles. The van der Waals surface area contributed by atoms with Crippen LogP contribution in [0.1, 0.15) is 18.9 Å². The number of carbonyl (C=O) groups excluding carboxylic acids is 1. The van der Waals surface area contributed by atoms with Crippen molar-refractivity contribution >= 4 is 11.8 Å². The van der Waals surface area contributed by atoms with E-state index in [1.807, 2.05) is 31.2 Å². The van der Waals surface area contributed by atoms with Crippen LogP contribution >= 0.6 is 0 Å². The van der Waals surface area contributed by atoms with Gasteiger partial charge in [-0.1, -0.05) is 18.2 Å². The number of hydrogen-bond acceptors (Lipinski definition) is 6. The van der Waals surface area contributed by atoms with Gasteiger partial charge in [0.15, 0.2) is 0 Å². The lowest BCUT2D eigenvalue weighted by Gasteiger charge is -2.25. The van der Waals surface area contributed by atoms with Crippen LogP contribution in [0.15, 0.2) is 42.9 Å². The van der Waals surface area contributed by atoms with Gasteiger partial charge >= 0.3 is 5.97 Å². The largest absolute Gasteiger partial charge is 0.496 e. The number of nitrogens with one attached hydrogen (secondary N) is 1. The Bertz CT molecular complexity index is 677. The molecule has 0 aliphatic carbocycles. The average molecular weight is 299 g/mol. The van der Waals surface area contributed by atoms with Gasteiger partial charge in [0.1, 0.15) is 23.2 Å². The maximum Gasteiger partial charge on any atom is 0.329 e. The molecule has 0 spiro atoms. The molecule has 2 aromatic rings. The zero-order chi connectivity index (χ0) is 15.6. The summed E-state index contributed by atoms with van der Waals surface area (Å²) in [6.45, 7) is 1.89. The van der Waals surface area contributed by atoms with E-state index >= 15 is 0 Å². The molecule has 6 heteroatoms. The summed E-state index contributed by atoms with van der Waals surface area (Å²) in [5, 5.41) is 3.06. The van der Waals surface area contributed by atoms with E-state index in [1.165, 1.54) is 0 Å². The summed E-state index contributed by atoms with van der Waals surface area (Å²) in [6, 6.07) is 7.10. The van der Waals surface area contributed by atoms with Crippen molar-refractivity contribution in [2.24, 2.45) is 0 Å². The minimum atomic E-state index is -0.733. The van der Waals surface area contributed by atoms with Crippen LogP contribution < -0.4 is 10.1 Å². The minimum Gasteiger partial charge on any atom is -0.496 e. The van der Waals surface area contributed by atoms with Crippen molar-refractivity contribution in [3.8, 4) is 5.75 Å². The Labute approximate surface area is 128 Å². The molecular weight excluding hydrogens is 282 g/mol. The van der Waals surface area contributed by atoms with Gasteiger partial charge < -0.3 is 14.8 Å². The molecule has 1 aromatic heterocycles. The number of ether oxygens (including phenoxy) is 2. The summed E-state index contributed by atoms with van der Waals surface area (Å²) in [5.74, 6) is 0.950. The molecule has 2 unspecified atom stereocenters. The summed E-state index contributed by atoms with van der Waals surface area (Å²) >= 11 is 0. The molecule has 0 amide bonds. The van der Waals surface area contributed by atoms with Crippen LogP contribution in [0.5, 0.6) is 5.75 Å². The van der Waals surface area contributed by atoms with Gasteiger partial charge in [-0.15, -0.1) is 0 Å². The van der Waals surface area contributed by atoms with Gasteiger partial charge in [-0.2, -0.15) is 0 Å². The highest BCUT2D eigenvalue weighted by molar-refractivity contribution is 5.82. The number of aromatic nitrogens is 2. The summed E-state index contributed by atoms with van der Waals surface area (Å²) < 4.78 is 11.0. The molecule has 2 atom stereocenters. The zero-order valence-corrected chi connectivity index (χ0v) is 12.4. The van der Waals surface area contributed by atoms with Crippen molar-refractivity contribution in [3.05, 3.63) is 48.4 Å². The normalized spacial score (nSPS) is 23.9. The van der Waals surface area contributed by atoms with Crippen LogP contribution in [-0.4, -0.2) is 29.1 Å². The molecular formula is C16H17N3O3. The first-order valence-corrected chi connectivity index (χ1v) is 7.01. The molecule has 0 radical (unpaired) electrons. The average Bonchev–Trinajstić information content (AvgIpc) is 2.83. The smallest absolute Gasteiger partial charge is 0.329 e. The predicted octanol–water partition coefficient (Wildman–Crippen LogP) is 2.13. The van der Waals surface area contributed by atoms with Crippen LogP contribution in [0, 0.1) is 0 Å². The standard InChI is InChI=1S/C16H17N3O3/c1-16(11-5-3-4-6-13(11)21-2)9-12(15(20)22-16)19-14-10-17-7-8-18-14/h3-8,10,12H,9H2,1-2H3,(H,18,19). The van der Waals surface area contributed by atoms with E-state index < -0.39 is 11.6 Å². The lowest BCUT2D eigenvalue weighted by atomic mass is 9.90. The van der Waals surface area contributed by atoms with E-state index in [-0.39, 0.29) is 5.97 Å². The highest BCUT2D eigenvalue weighted by Crippen LogP contribution is 2.41. The number of methoxy groups -OCH3 is 1. The Morgan fingerprint density at radius 2 is 2.18 bits per heavy atom. The number of anilines is 1. The first-order chi connectivity index (χ1) is 10.6. The summed E-state index contributed by atoms with van der Waals surface area (Å²) in [5.41, 5.74) is 0.123.